The van der Waals surface area contributed by atoms with Crippen LogP contribution in [0.25, 0.3) is 10.8 Å². The highest BCUT2D eigenvalue weighted by atomic mass is 16.3. The first-order valence-electron chi connectivity index (χ1n) is 8.17. The number of aryl methyl sites for hydroxylation is 2. The van der Waals surface area contributed by atoms with Gasteiger partial charge in [-0.2, -0.15) is 0 Å². The molecule has 4 heteroatoms. The number of rotatable bonds is 3. The SMILES string of the molecule is O=c1[nH]c(O)c(C=NCc2ccc3c(c2)CCC3)c2ccccc12. The summed E-state index contributed by atoms with van der Waals surface area (Å²) in [4.78, 5) is 18.8. The summed E-state index contributed by atoms with van der Waals surface area (Å²) in [6.45, 7) is 0.556. The number of nitrogens with one attached hydrogen (secondary N) is 1. The summed E-state index contributed by atoms with van der Waals surface area (Å²) < 4.78 is 0. The molecule has 0 bridgehead atoms. The van der Waals surface area contributed by atoms with E-state index in [1.54, 1.807) is 18.3 Å². The monoisotopic (exact) mass is 318 g/mol. The van der Waals surface area contributed by atoms with Gasteiger partial charge >= 0.3 is 0 Å². The van der Waals surface area contributed by atoms with Gasteiger partial charge in [-0.25, -0.2) is 0 Å². The molecular formula is C20H18N2O2. The zero-order valence-corrected chi connectivity index (χ0v) is 13.2. The van der Waals surface area contributed by atoms with E-state index in [1.165, 1.54) is 29.5 Å². The van der Waals surface area contributed by atoms with Crippen LogP contribution in [0.3, 0.4) is 0 Å². The molecule has 1 aromatic heterocycles. The lowest BCUT2D eigenvalue weighted by Crippen LogP contribution is -2.07. The molecule has 0 saturated carbocycles. The first kappa shape index (κ1) is 14.7. The van der Waals surface area contributed by atoms with Gasteiger partial charge in [0.2, 0.25) is 5.88 Å². The second-order valence-electron chi connectivity index (χ2n) is 6.19. The Balaban J connectivity index is 1.65. The van der Waals surface area contributed by atoms with Crippen LogP contribution < -0.4 is 5.56 Å². The zero-order valence-electron chi connectivity index (χ0n) is 13.2. The fraction of sp³-hybridized carbons (Fsp3) is 0.200. The molecule has 0 fully saturated rings. The molecule has 0 amide bonds. The Morgan fingerprint density at radius 2 is 1.88 bits per heavy atom. The number of hydrogen-bond donors (Lipinski definition) is 2. The molecule has 4 nitrogen and oxygen atoms in total. The lowest BCUT2D eigenvalue weighted by Gasteiger charge is -2.05. The summed E-state index contributed by atoms with van der Waals surface area (Å²) in [6.07, 6.45) is 5.20. The number of hydrogen-bond acceptors (Lipinski definition) is 3. The fourth-order valence-corrected chi connectivity index (χ4v) is 3.38. The van der Waals surface area contributed by atoms with E-state index in [0.717, 1.165) is 6.42 Å². The number of pyridine rings is 1. The lowest BCUT2D eigenvalue weighted by atomic mass is 10.1. The van der Waals surface area contributed by atoms with Crippen molar-refractivity contribution < 1.29 is 5.11 Å². The predicted octanol–water partition coefficient (Wildman–Crippen LogP) is 3.34. The molecule has 1 aliphatic carbocycles. The average molecular weight is 318 g/mol. The van der Waals surface area contributed by atoms with Gasteiger partial charge in [-0.05, 0) is 42.0 Å². The van der Waals surface area contributed by atoms with Crippen LogP contribution in [0.5, 0.6) is 5.88 Å². The molecule has 0 saturated heterocycles. The molecule has 24 heavy (non-hydrogen) atoms. The molecule has 2 N–H and O–H groups in total. The van der Waals surface area contributed by atoms with Crippen LogP contribution in [-0.2, 0) is 19.4 Å². The highest BCUT2D eigenvalue weighted by molar-refractivity contribution is 6.01. The highest BCUT2D eigenvalue weighted by Gasteiger charge is 2.11. The maximum atomic E-state index is 11.9. The largest absolute Gasteiger partial charge is 0.494 e. The van der Waals surface area contributed by atoms with E-state index in [-0.39, 0.29) is 11.4 Å². The zero-order chi connectivity index (χ0) is 16.5. The maximum absolute atomic E-state index is 11.9. The maximum Gasteiger partial charge on any atom is 0.258 e. The number of aliphatic imine (C=N–C) groups is 1. The van der Waals surface area contributed by atoms with E-state index in [9.17, 15) is 9.90 Å². The number of benzene rings is 2. The summed E-state index contributed by atoms with van der Waals surface area (Å²) in [6, 6.07) is 13.8. The predicted molar refractivity (Wildman–Crippen MR) is 96.0 cm³/mol. The third-order valence-corrected chi connectivity index (χ3v) is 4.61. The Morgan fingerprint density at radius 3 is 2.75 bits per heavy atom. The van der Waals surface area contributed by atoms with Crippen LogP contribution in [-0.4, -0.2) is 16.3 Å². The van der Waals surface area contributed by atoms with Gasteiger partial charge in [0.1, 0.15) is 0 Å². The summed E-state index contributed by atoms with van der Waals surface area (Å²) >= 11 is 0. The Labute approximate surface area is 139 Å². The van der Waals surface area contributed by atoms with E-state index < -0.39 is 0 Å². The summed E-state index contributed by atoms with van der Waals surface area (Å²) in [7, 11) is 0. The molecule has 3 aromatic rings. The number of H-pyrrole nitrogens is 1. The van der Waals surface area contributed by atoms with Gasteiger partial charge in [0.15, 0.2) is 0 Å². The van der Waals surface area contributed by atoms with E-state index in [0.29, 0.717) is 22.9 Å². The van der Waals surface area contributed by atoms with Crippen LogP contribution in [0.2, 0.25) is 0 Å². The third kappa shape index (κ3) is 2.60. The summed E-state index contributed by atoms with van der Waals surface area (Å²) in [5.74, 6) is -0.142. The van der Waals surface area contributed by atoms with E-state index in [1.807, 2.05) is 12.1 Å². The molecule has 120 valence electrons. The smallest absolute Gasteiger partial charge is 0.258 e. The molecule has 0 atom stereocenters. The number of aromatic amines is 1. The molecule has 1 aliphatic rings. The number of aromatic hydroxyl groups is 1. The third-order valence-electron chi connectivity index (χ3n) is 4.61. The molecule has 0 aliphatic heterocycles. The van der Waals surface area contributed by atoms with Crippen molar-refractivity contribution in [2.75, 3.05) is 0 Å². The lowest BCUT2D eigenvalue weighted by molar-refractivity contribution is 0.452. The number of nitrogens with zero attached hydrogens (tertiary/aromatic N) is 1. The van der Waals surface area contributed by atoms with E-state index in [4.69, 9.17) is 0 Å². The topological polar surface area (TPSA) is 65.5 Å². The van der Waals surface area contributed by atoms with Crippen LogP contribution in [0.15, 0.2) is 52.3 Å². The molecule has 4 rings (SSSR count). The van der Waals surface area contributed by atoms with Crippen LogP contribution >= 0.6 is 0 Å². The molecule has 2 aromatic carbocycles. The average Bonchev–Trinajstić information content (AvgIpc) is 3.05. The van der Waals surface area contributed by atoms with Crippen molar-refractivity contribution in [3.63, 3.8) is 0 Å². The molecule has 0 spiro atoms. The first-order valence-corrected chi connectivity index (χ1v) is 8.17. The normalized spacial score (nSPS) is 13.7. The number of fused-ring (bicyclic) bond motifs is 2. The first-order chi connectivity index (χ1) is 11.7. The molecular weight excluding hydrogens is 300 g/mol. The van der Waals surface area contributed by atoms with Crippen LogP contribution in [0, 0.1) is 0 Å². The Bertz CT molecular complexity index is 1000. The van der Waals surface area contributed by atoms with Crippen molar-refractivity contribution in [2.45, 2.75) is 25.8 Å². The Kier molecular flexibility index (Phi) is 3.65. The quantitative estimate of drug-likeness (QED) is 0.727. The van der Waals surface area contributed by atoms with Crippen LogP contribution in [0.1, 0.15) is 28.7 Å². The van der Waals surface area contributed by atoms with E-state index in [2.05, 4.69) is 28.2 Å². The second kappa shape index (κ2) is 5.96. The Hall–Kier alpha value is -2.88. The van der Waals surface area contributed by atoms with Gasteiger partial charge in [0.25, 0.3) is 5.56 Å². The Morgan fingerprint density at radius 1 is 1.08 bits per heavy atom. The van der Waals surface area contributed by atoms with Crippen molar-refractivity contribution in [1.82, 2.24) is 4.98 Å². The van der Waals surface area contributed by atoms with Gasteiger partial charge in [-0.3, -0.25) is 14.8 Å². The molecule has 0 unspecified atom stereocenters. The van der Waals surface area contributed by atoms with Gasteiger partial charge < -0.3 is 5.11 Å². The minimum absolute atomic E-state index is 0.142. The van der Waals surface area contributed by atoms with Gasteiger partial charge in [0.05, 0.1) is 12.1 Å². The van der Waals surface area contributed by atoms with Gasteiger partial charge in [-0.15, -0.1) is 0 Å². The molecule has 1 heterocycles. The molecule has 0 radical (unpaired) electrons. The number of aromatic nitrogens is 1. The van der Waals surface area contributed by atoms with Crippen molar-refractivity contribution >= 4 is 17.0 Å². The minimum Gasteiger partial charge on any atom is -0.494 e. The van der Waals surface area contributed by atoms with Gasteiger partial charge in [0, 0.05) is 17.0 Å². The van der Waals surface area contributed by atoms with Crippen molar-refractivity contribution in [2.24, 2.45) is 4.99 Å². The second-order valence-corrected chi connectivity index (χ2v) is 6.19. The van der Waals surface area contributed by atoms with Gasteiger partial charge in [-0.1, -0.05) is 36.4 Å². The summed E-state index contributed by atoms with van der Waals surface area (Å²) in [5, 5.41) is 11.3. The summed E-state index contributed by atoms with van der Waals surface area (Å²) in [5.41, 5.74) is 4.30. The van der Waals surface area contributed by atoms with Crippen molar-refractivity contribution in [1.29, 1.82) is 0 Å². The minimum atomic E-state index is -0.293. The van der Waals surface area contributed by atoms with Crippen LogP contribution in [0.4, 0.5) is 0 Å². The van der Waals surface area contributed by atoms with Crippen molar-refractivity contribution in [3.05, 3.63) is 75.1 Å². The highest BCUT2D eigenvalue weighted by Crippen LogP contribution is 2.23. The fourth-order valence-electron chi connectivity index (χ4n) is 3.38. The van der Waals surface area contributed by atoms with Crippen molar-refractivity contribution in [3.8, 4) is 5.88 Å². The van der Waals surface area contributed by atoms with E-state index >= 15 is 0 Å². The standard InChI is InChI=1S/C20H18N2O2/c23-19-17-7-2-1-6-16(17)18(20(24)22-19)12-21-11-13-8-9-14-4-3-5-15(14)10-13/h1-2,6-10,12H,3-5,11H2,(H2,22,23,24).